The number of hydrogen-bond donors (Lipinski definition) is 1. The number of rotatable bonds is 9. The number of benzene rings is 2. The molecule has 196 valence electrons. The Hall–Kier alpha value is -2.74. The lowest BCUT2D eigenvalue weighted by Gasteiger charge is -2.29. The molecule has 2 fully saturated rings. The van der Waals surface area contributed by atoms with Gasteiger partial charge in [-0.1, -0.05) is 38.0 Å². The van der Waals surface area contributed by atoms with E-state index in [1.54, 1.807) is 12.1 Å². The molecule has 0 unspecified atom stereocenters. The summed E-state index contributed by atoms with van der Waals surface area (Å²) < 4.78 is 47.1. The fraction of sp³-hybridized carbons (Fsp3) is 0.500. The van der Waals surface area contributed by atoms with E-state index in [4.69, 9.17) is 9.53 Å². The molecule has 0 radical (unpaired) electrons. The molecule has 2 atom stereocenters. The zero-order chi connectivity index (χ0) is 26.3. The zero-order valence-corrected chi connectivity index (χ0v) is 21.9. The van der Waals surface area contributed by atoms with Crippen molar-refractivity contribution in [1.29, 1.82) is 0 Å². The molecule has 2 aliphatic carbocycles. The SMILES string of the molecule is C=O.CC[C@@H]1CC[C@@H](Oc2ccc(CC(=O)NS(=O)(=O)CC)cc2-c2cccc(F)c2C2CCC2)C1. The minimum Gasteiger partial charge on any atom is -0.490 e. The molecule has 0 heterocycles. The second-order valence-corrected chi connectivity index (χ2v) is 11.6. The normalized spacial score (nSPS) is 19.6. The van der Waals surface area contributed by atoms with Crippen molar-refractivity contribution in [3.8, 4) is 16.9 Å². The van der Waals surface area contributed by atoms with Crippen LogP contribution >= 0.6 is 0 Å². The summed E-state index contributed by atoms with van der Waals surface area (Å²) in [5, 5.41) is 0. The average molecular weight is 518 g/mol. The fourth-order valence-corrected chi connectivity index (χ4v) is 5.60. The highest BCUT2D eigenvalue weighted by molar-refractivity contribution is 7.90. The molecule has 1 amide bonds. The molecule has 1 N–H and O–H groups in total. The maximum absolute atomic E-state index is 15.0. The number of ether oxygens (including phenoxy) is 1. The predicted octanol–water partition coefficient (Wildman–Crippen LogP) is 5.54. The number of nitrogens with one attached hydrogen (secondary N) is 1. The Morgan fingerprint density at radius 1 is 1.08 bits per heavy atom. The molecular weight excluding hydrogens is 481 g/mol. The Kier molecular flexibility index (Phi) is 9.65. The number of carbonyl (C=O) groups is 2. The lowest BCUT2D eigenvalue weighted by molar-refractivity contribution is -0.118. The Morgan fingerprint density at radius 2 is 1.83 bits per heavy atom. The summed E-state index contributed by atoms with van der Waals surface area (Å²) >= 11 is 0. The van der Waals surface area contributed by atoms with Gasteiger partial charge in [0.25, 0.3) is 0 Å². The molecule has 36 heavy (non-hydrogen) atoms. The molecule has 2 aromatic carbocycles. The standard InChI is InChI=1S/C27H34FNO4S.CH2O/c1-3-18-11-13-21(15-18)33-25-14-12-19(17-26(30)29-34(31,32)4-2)16-23(25)22-9-6-10-24(28)27(22)20-7-5-8-20;1-2/h6,9-10,12,14,16,18,20-21H,3-5,7-8,11,13,15,17H2,1-2H3,(H,29,30);1H2/t18-,21-;/m1./s1. The highest BCUT2D eigenvalue weighted by atomic mass is 32.2. The second-order valence-electron chi connectivity index (χ2n) is 9.59. The third-order valence-electron chi connectivity index (χ3n) is 7.28. The maximum Gasteiger partial charge on any atom is 0.237 e. The van der Waals surface area contributed by atoms with Crippen LogP contribution in [-0.2, 0) is 26.0 Å². The van der Waals surface area contributed by atoms with Gasteiger partial charge in [-0.25, -0.2) is 12.8 Å². The van der Waals surface area contributed by atoms with Gasteiger partial charge in [0.1, 0.15) is 18.4 Å². The smallest absolute Gasteiger partial charge is 0.237 e. The molecule has 0 bridgehead atoms. The quantitative estimate of drug-likeness (QED) is 0.472. The van der Waals surface area contributed by atoms with Crippen LogP contribution in [0.1, 0.15) is 75.8 Å². The molecule has 0 saturated heterocycles. The molecule has 6 nitrogen and oxygen atoms in total. The van der Waals surface area contributed by atoms with Crippen LogP contribution in [0.15, 0.2) is 36.4 Å². The summed E-state index contributed by atoms with van der Waals surface area (Å²) in [5.41, 5.74) is 2.94. The molecule has 2 aliphatic rings. The topological polar surface area (TPSA) is 89.5 Å². The first-order valence-corrected chi connectivity index (χ1v) is 14.3. The summed E-state index contributed by atoms with van der Waals surface area (Å²) in [6.07, 6.45) is 7.34. The predicted molar refractivity (Wildman–Crippen MR) is 139 cm³/mol. The van der Waals surface area contributed by atoms with E-state index in [2.05, 4.69) is 11.6 Å². The van der Waals surface area contributed by atoms with Gasteiger partial charge in [0.2, 0.25) is 15.9 Å². The van der Waals surface area contributed by atoms with Crippen molar-refractivity contribution in [2.75, 3.05) is 5.75 Å². The van der Waals surface area contributed by atoms with Crippen LogP contribution in [-0.4, -0.2) is 33.0 Å². The van der Waals surface area contributed by atoms with E-state index < -0.39 is 15.9 Å². The molecule has 2 aromatic rings. The Morgan fingerprint density at radius 3 is 2.44 bits per heavy atom. The monoisotopic (exact) mass is 517 g/mol. The number of carbonyl (C=O) groups excluding carboxylic acids is 2. The molecular formula is C28H36FNO5S. The van der Waals surface area contributed by atoms with Crippen LogP contribution in [0.4, 0.5) is 4.39 Å². The van der Waals surface area contributed by atoms with E-state index in [1.807, 2.05) is 25.0 Å². The summed E-state index contributed by atoms with van der Waals surface area (Å²) in [6, 6.07) is 10.6. The van der Waals surface area contributed by atoms with Crippen LogP contribution in [0, 0.1) is 11.7 Å². The maximum atomic E-state index is 15.0. The van der Waals surface area contributed by atoms with Crippen molar-refractivity contribution in [3.05, 3.63) is 53.3 Å². The van der Waals surface area contributed by atoms with Gasteiger partial charge in [0.15, 0.2) is 0 Å². The van der Waals surface area contributed by atoms with Gasteiger partial charge >= 0.3 is 0 Å². The third kappa shape index (κ3) is 6.72. The number of amides is 1. The number of halogens is 1. The lowest BCUT2D eigenvalue weighted by Crippen LogP contribution is -2.32. The second kappa shape index (κ2) is 12.5. The van der Waals surface area contributed by atoms with E-state index in [-0.39, 0.29) is 30.0 Å². The van der Waals surface area contributed by atoms with Crippen molar-refractivity contribution in [1.82, 2.24) is 4.72 Å². The van der Waals surface area contributed by atoms with E-state index in [0.717, 1.165) is 56.1 Å². The molecule has 0 spiro atoms. The zero-order valence-electron chi connectivity index (χ0n) is 21.1. The van der Waals surface area contributed by atoms with Gasteiger partial charge < -0.3 is 9.53 Å². The average Bonchev–Trinajstić information content (AvgIpc) is 3.29. The largest absolute Gasteiger partial charge is 0.490 e. The van der Waals surface area contributed by atoms with Crippen LogP contribution in [0.25, 0.3) is 11.1 Å². The highest BCUT2D eigenvalue weighted by Crippen LogP contribution is 2.45. The summed E-state index contributed by atoms with van der Waals surface area (Å²) in [4.78, 5) is 20.4. The lowest BCUT2D eigenvalue weighted by atomic mass is 9.76. The minimum absolute atomic E-state index is 0.0814. The van der Waals surface area contributed by atoms with Crippen LogP contribution in [0.3, 0.4) is 0 Å². The first-order chi connectivity index (χ1) is 17.3. The van der Waals surface area contributed by atoms with Crippen molar-refractivity contribution < 1.29 is 27.1 Å². The highest BCUT2D eigenvalue weighted by Gasteiger charge is 2.29. The summed E-state index contributed by atoms with van der Waals surface area (Å²) in [7, 11) is -3.63. The molecule has 0 aromatic heterocycles. The van der Waals surface area contributed by atoms with Gasteiger partial charge in [0.05, 0.1) is 18.3 Å². The van der Waals surface area contributed by atoms with Gasteiger partial charge in [-0.3, -0.25) is 9.52 Å². The van der Waals surface area contributed by atoms with Crippen molar-refractivity contribution >= 4 is 22.7 Å². The van der Waals surface area contributed by atoms with Crippen LogP contribution < -0.4 is 9.46 Å². The summed E-state index contributed by atoms with van der Waals surface area (Å²) in [6.45, 7) is 5.69. The molecule has 0 aliphatic heterocycles. The van der Waals surface area contributed by atoms with Crippen molar-refractivity contribution in [2.24, 2.45) is 5.92 Å². The van der Waals surface area contributed by atoms with E-state index in [9.17, 15) is 13.2 Å². The first-order valence-electron chi connectivity index (χ1n) is 12.7. The Balaban J connectivity index is 0.00000176. The van der Waals surface area contributed by atoms with Crippen molar-refractivity contribution in [3.63, 3.8) is 0 Å². The van der Waals surface area contributed by atoms with E-state index in [1.165, 1.54) is 13.0 Å². The Labute approximate surface area is 213 Å². The van der Waals surface area contributed by atoms with Crippen molar-refractivity contribution in [2.45, 2.75) is 77.2 Å². The number of hydrogen-bond acceptors (Lipinski definition) is 5. The third-order valence-corrected chi connectivity index (χ3v) is 8.58. The van der Waals surface area contributed by atoms with Gasteiger partial charge in [0, 0.05) is 5.56 Å². The minimum atomic E-state index is -3.63. The van der Waals surface area contributed by atoms with Gasteiger partial charge in [-0.2, -0.15) is 0 Å². The van der Waals surface area contributed by atoms with Gasteiger partial charge in [-0.05, 0) is 85.8 Å². The van der Waals surface area contributed by atoms with Gasteiger partial charge in [-0.15, -0.1) is 0 Å². The molecule has 8 heteroatoms. The number of sulfonamides is 1. The molecule has 4 rings (SSSR count). The van der Waals surface area contributed by atoms with E-state index >= 15 is 4.39 Å². The molecule has 2 saturated carbocycles. The fourth-order valence-electron chi connectivity index (χ4n) is 5.04. The Bertz CT molecular complexity index is 1160. The summed E-state index contributed by atoms with van der Waals surface area (Å²) in [5.74, 6) is 0.584. The van der Waals surface area contributed by atoms with E-state index in [0.29, 0.717) is 22.8 Å². The van der Waals surface area contributed by atoms with Crippen LogP contribution in [0.5, 0.6) is 5.75 Å². The first kappa shape index (κ1) is 27.8. The van der Waals surface area contributed by atoms with Crippen LogP contribution in [0.2, 0.25) is 0 Å².